The van der Waals surface area contributed by atoms with Crippen molar-refractivity contribution in [1.82, 2.24) is 10.3 Å². The molecule has 1 heterocycles. The number of nitrogens with zero attached hydrogens (tertiary/aromatic N) is 1. The first-order chi connectivity index (χ1) is 13.1. The van der Waals surface area contributed by atoms with Crippen LogP contribution in [0.15, 0.2) is 54.6 Å². The SMILES string of the molecule is CC.NCc1ccc(CNC(=O)c2cc3ccccc3c(B(O)O)n2)cc1. The first-order valence-corrected chi connectivity index (χ1v) is 8.90. The van der Waals surface area contributed by atoms with Gasteiger partial charge in [-0.2, -0.15) is 0 Å². The Labute approximate surface area is 159 Å². The van der Waals surface area contributed by atoms with Gasteiger partial charge in [0.15, 0.2) is 0 Å². The molecule has 1 amide bonds. The van der Waals surface area contributed by atoms with Crippen molar-refractivity contribution in [2.24, 2.45) is 5.73 Å². The maximum absolute atomic E-state index is 12.4. The standard InChI is InChI=1S/C18H18BN3O3.C2H6/c20-10-12-5-7-13(8-6-12)11-21-18(23)16-9-14-3-1-2-4-15(14)17(22-16)19(24)25;1-2/h1-9,24-25H,10-11,20H2,(H,21,23);1-2H3. The molecular weight excluding hydrogens is 341 g/mol. The summed E-state index contributed by atoms with van der Waals surface area (Å²) in [6.45, 7) is 4.81. The fourth-order valence-corrected chi connectivity index (χ4v) is 2.60. The summed E-state index contributed by atoms with van der Waals surface area (Å²) >= 11 is 0. The molecule has 0 fully saturated rings. The first-order valence-electron chi connectivity index (χ1n) is 8.90. The number of carbonyl (C=O) groups excluding carboxylic acids is 1. The summed E-state index contributed by atoms with van der Waals surface area (Å²) in [5.74, 6) is -0.379. The van der Waals surface area contributed by atoms with Crippen molar-refractivity contribution in [1.29, 1.82) is 0 Å². The Morgan fingerprint density at radius 1 is 1.07 bits per heavy atom. The van der Waals surface area contributed by atoms with Gasteiger partial charge in [-0.1, -0.05) is 62.4 Å². The Bertz CT molecular complexity index is 899. The van der Waals surface area contributed by atoms with Gasteiger partial charge in [-0.15, -0.1) is 0 Å². The van der Waals surface area contributed by atoms with Crippen LogP contribution in [0.4, 0.5) is 0 Å². The van der Waals surface area contributed by atoms with E-state index in [1.807, 2.05) is 44.2 Å². The summed E-state index contributed by atoms with van der Waals surface area (Å²) in [4.78, 5) is 16.5. The molecule has 1 aromatic heterocycles. The van der Waals surface area contributed by atoms with E-state index in [0.717, 1.165) is 16.5 Å². The number of carbonyl (C=O) groups is 1. The van der Waals surface area contributed by atoms with Gasteiger partial charge in [0.2, 0.25) is 0 Å². The predicted octanol–water partition coefficient (Wildman–Crippen LogP) is 1.33. The Kier molecular flexibility index (Phi) is 7.49. The molecule has 140 valence electrons. The molecule has 0 spiro atoms. The monoisotopic (exact) mass is 365 g/mol. The van der Waals surface area contributed by atoms with Crippen molar-refractivity contribution < 1.29 is 14.8 Å². The smallest absolute Gasteiger partial charge is 0.422 e. The fourth-order valence-electron chi connectivity index (χ4n) is 2.60. The third kappa shape index (κ3) is 5.13. The van der Waals surface area contributed by atoms with E-state index in [-0.39, 0.29) is 17.2 Å². The van der Waals surface area contributed by atoms with E-state index in [4.69, 9.17) is 5.73 Å². The van der Waals surface area contributed by atoms with Crippen LogP contribution in [0.3, 0.4) is 0 Å². The molecule has 3 rings (SSSR count). The van der Waals surface area contributed by atoms with Gasteiger partial charge in [0, 0.05) is 13.1 Å². The molecule has 6 nitrogen and oxygen atoms in total. The third-order valence-electron chi connectivity index (χ3n) is 3.96. The van der Waals surface area contributed by atoms with Crippen LogP contribution in [0.2, 0.25) is 0 Å². The molecule has 0 bridgehead atoms. The van der Waals surface area contributed by atoms with Crippen molar-refractivity contribution in [3.8, 4) is 0 Å². The lowest BCUT2D eigenvalue weighted by molar-refractivity contribution is 0.0946. The molecule has 27 heavy (non-hydrogen) atoms. The molecule has 0 aliphatic rings. The topological polar surface area (TPSA) is 108 Å². The summed E-state index contributed by atoms with van der Waals surface area (Å²) < 4.78 is 0. The van der Waals surface area contributed by atoms with Crippen LogP contribution >= 0.6 is 0 Å². The van der Waals surface area contributed by atoms with E-state index in [1.165, 1.54) is 0 Å². The molecular formula is C20H24BN3O3. The number of rotatable bonds is 5. The quantitative estimate of drug-likeness (QED) is 0.510. The predicted molar refractivity (Wildman–Crippen MR) is 108 cm³/mol. The molecule has 0 aliphatic carbocycles. The number of aromatic nitrogens is 1. The number of hydrogen-bond acceptors (Lipinski definition) is 5. The lowest BCUT2D eigenvalue weighted by atomic mass is 9.82. The van der Waals surface area contributed by atoms with Crippen LogP contribution in [-0.4, -0.2) is 28.1 Å². The minimum absolute atomic E-state index is 0.0653. The second-order valence-corrected chi connectivity index (χ2v) is 5.69. The Morgan fingerprint density at radius 2 is 1.70 bits per heavy atom. The van der Waals surface area contributed by atoms with Gasteiger partial charge >= 0.3 is 7.12 Å². The van der Waals surface area contributed by atoms with Crippen LogP contribution < -0.4 is 16.6 Å². The van der Waals surface area contributed by atoms with Gasteiger partial charge in [-0.05, 0) is 28.0 Å². The highest BCUT2D eigenvalue weighted by atomic mass is 16.4. The molecule has 0 saturated carbocycles. The number of fused-ring (bicyclic) bond motifs is 1. The van der Waals surface area contributed by atoms with Crippen LogP contribution in [0.1, 0.15) is 35.5 Å². The fraction of sp³-hybridized carbons (Fsp3) is 0.200. The van der Waals surface area contributed by atoms with Crippen molar-refractivity contribution in [2.75, 3.05) is 0 Å². The summed E-state index contributed by atoms with van der Waals surface area (Å²) in [5.41, 5.74) is 7.73. The number of hydrogen-bond donors (Lipinski definition) is 4. The van der Waals surface area contributed by atoms with Gasteiger partial charge in [-0.3, -0.25) is 9.78 Å². The van der Waals surface area contributed by atoms with Gasteiger partial charge in [0.05, 0.1) is 5.59 Å². The summed E-state index contributed by atoms with van der Waals surface area (Å²) in [6.07, 6.45) is 0. The highest BCUT2D eigenvalue weighted by molar-refractivity contribution is 6.60. The second-order valence-electron chi connectivity index (χ2n) is 5.69. The lowest BCUT2D eigenvalue weighted by Crippen LogP contribution is -2.36. The Morgan fingerprint density at radius 3 is 2.33 bits per heavy atom. The molecule has 7 heteroatoms. The summed E-state index contributed by atoms with van der Waals surface area (Å²) in [6, 6.07) is 16.4. The molecule has 2 aromatic carbocycles. The van der Waals surface area contributed by atoms with E-state index in [1.54, 1.807) is 24.3 Å². The average molecular weight is 365 g/mol. The maximum Gasteiger partial charge on any atom is 0.508 e. The highest BCUT2D eigenvalue weighted by Crippen LogP contribution is 2.13. The molecule has 0 radical (unpaired) electrons. The van der Waals surface area contributed by atoms with E-state index < -0.39 is 7.12 Å². The van der Waals surface area contributed by atoms with E-state index >= 15 is 0 Å². The van der Waals surface area contributed by atoms with Crippen LogP contribution in [0, 0.1) is 0 Å². The molecule has 0 unspecified atom stereocenters. The maximum atomic E-state index is 12.4. The van der Waals surface area contributed by atoms with Gasteiger partial charge in [-0.25, -0.2) is 0 Å². The normalized spacial score (nSPS) is 10.1. The third-order valence-corrected chi connectivity index (χ3v) is 3.96. The molecule has 3 aromatic rings. The zero-order valence-corrected chi connectivity index (χ0v) is 15.5. The highest BCUT2D eigenvalue weighted by Gasteiger charge is 2.20. The number of nitrogens with two attached hydrogens (primary N) is 1. The lowest BCUT2D eigenvalue weighted by Gasteiger charge is -2.10. The number of benzene rings is 2. The minimum Gasteiger partial charge on any atom is -0.422 e. The first kappa shape index (κ1) is 20.6. The Balaban J connectivity index is 0.00000126. The van der Waals surface area contributed by atoms with Crippen molar-refractivity contribution in [3.63, 3.8) is 0 Å². The van der Waals surface area contributed by atoms with Crippen LogP contribution in [0.5, 0.6) is 0 Å². The largest absolute Gasteiger partial charge is 0.508 e. The molecule has 0 aliphatic heterocycles. The molecule has 0 saturated heterocycles. The van der Waals surface area contributed by atoms with E-state index in [9.17, 15) is 14.8 Å². The van der Waals surface area contributed by atoms with Crippen molar-refractivity contribution >= 4 is 29.4 Å². The second kappa shape index (κ2) is 9.82. The number of pyridine rings is 1. The van der Waals surface area contributed by atoms with E-state index in [2.05, 4.69) is 10.3 Å². The van der Waals surface area contributed by atoms with E-state index in [0.29, 0.717) is 18.5 Å². The van der Waals surface area contributed by atoms with Crippen LogP contribution in [-0.2, 0) is 13.1 Å². The number of nitrogens with one attached hydrogen (secondary N) is 1. The summed E-state index contributed by atoms with van der Waals surface area (Å²) in [7, 11) is -1.75. The zero-order chi connectivity index (χ0) is 19.8. The van der Waals surface area contributed by atoms with Gasteiger partial charge < -0.3 is 21.1 Å². The zero-order valence-electron chi connectivity index (χ0n) is 15.5. The summed E-state index contributed by atoms with van der Waals surface area (Å²) in [5, 5.41) is 23.2. The van der Waals surface area contributed by atoms with Crippen molar-refractivity contribution in [3.05, 3.63) is 71.4 Å². The Hall–Kier alpha value is -2.74. The number of amides is 1. The average Bonchev–Trinajstić information content (AvgIpc) is 2.72. The van der Waals surface area contributed by atoms with Crippen LogP contribution in [0.25, 0.3) is 10.8 Å². The van der Waals surface area contributed by atoms with Crippen molar-refractivity contribution in [2.45, 2.75) is 26.9 Å². The van der Waals surface area contributed by atoms with Gasteiger partial charge in [0.25, 0.3) is 5.91 Å². The van der Waals surface area contributed by atoms with Gasteiger partial charge in [0.1, 0.15) is 5.69 Å². The molecule has 5 N–H and O–H groups in total. The minimum atomic E-state index is -1.75. The molecule has 0 atom stereocenters.